The van der Waals surface area contributed by atoms with Gasteiger partial charge in [-0.15, -0.1) is 11.3 Å². The molecule has 3 rings (SSSR count). The predicted octanol–water partition coefficient (Wildman–Crippen LogP) is 4.22. The molecule has 0 spiro atoms. The van der Waals surface area contributed by atoms with E-state index in [1.807, 2.05) is 11.3 Å². The van der Waals surface area contributed by atoms with Gasteiger partial charge in [0.1, 0.15) is 0 Å². The lowest BCUT2D eigenvalue weighted by atomic mass is 9.99. The van der Waals surface area contributed by atoms with Crippen LogP contribution < -0.4 is 0 Å². The molecule has 1 atom stereocenters. The van der Waals surface area contributed by atoms with Crippen molar-refractivity contribution in [3.05, 3.63) is 63.4 Å². The zero-order chi connectivity index (χ0) is 10.3. The van der Waals surface area contributed by atoms with Gasteiger partial charge in [-0.25, -0.2) is 0 Å². The van der Waals surface area contributed by atoms with Crippen molar-refractivity contribution in [3.8, 4) is 0 Å². The lowest BCUT2D eigenvalue weighted by Gasteiger charge is -2.07. The molecule has 0 amide bonds. The largest absolute Gasteiger partial charge is 0.145 e. The minimum absolute atomic E-state index is 0.486. The molecule has 1 aliphatic rings. The van der Waals surface area contributed by atoms with Crippen molar-refractivity contribution < 1.29 is 0 Å². The summed E-state index contributed by atoms with van der Waals surface area (Å²) in [6.45, 7) is 2.17. The third-order valence-electron chi connectivity index (χ3n) is 2.87. The standard InChI is InChI=1S/C14H12S/c1-10-6-9-14(15-10)13-8-7-11-4-2-3-5-12(11)13/h2-9,13H,1H3. The SMILES string of the molecule is Cc1ccc(C2C=Cc3ccccc32)s1. The van der Waals surface area contributed by atoms with E-state index in [1.165, 1.54) is 20.9 Å². The molecular weight excluding hydrogens is 200 g/mol. The van der Waals surface area contributed by atoms with Gasteiger partial charge in [0.25, 0.3) is 0 Å². The minimum atomic E-state index is 0.486. The zero-order valence-electron chi connectivity index (χ0n) is 8.60. The average molecular weight is 212 g/mol. The Morgan fingerprint density at radius 2 is 1.93 bits per heavy atom. The molecule has 0 radical (unpaired) electrons. The van der Waals surface area contributed by atoms with Crippen molar-refractivity contribution in [2.24, 2.45) is 0 Å². The summed E-state index contributed by atoms with van der Waals surface area (Å²) in [6, 6.07) is 13.1. The topological polar surface area (TPSA) is 0 Å². The van der Waals surface area contributed by atoms with Gasteiger partial charge in [0.2, 0.25) is 0 Å². The Hall–Kier alpha value is -1.34. The van der Waals surface area contributed by atoms with Crippen LogP contribution in [0.3, 0.4) is 0 Å². The third kappa shape index (κ3) is 1.44. The van der Waals surface area contributed by atoms with E-state index >= 15 is 0 Å². The number of hydrogen-bond donors (Lipinski definition) is 0. The summed E-state index contributed by atoms with van der Waals surface area (Å²) in [4.78, 5) is 2.84. The molecule has 1 unspecified atom stereocenters. The van der Waals surface area contributed by atoms with Crippen LogP contribution in [0.25, 0.3) is 6.08 Å². The van der Waals surface area contributed by atoms with Gasteiger partial charge in [-0.05, 0) is 30.2 Å². The Kier molecular flexibility index (Phi) is 2.00. The van der Waals surface area contributed by atoms with E-state index in [0.717, 1.165) is 0 Å². The van der Waals surface area contributed by atoms with Gasteiger partial charge >= 0.3 is 0 Å². The van der Waals surface area contributed by atoms with Crippen molar-refractivity contribution in [2.45, 2.75) is 12.8 Å². The summed E-state index contributed by atoms with van der Waals surface area (Å²) in [5.41, 5.74) is 2.81. The molecule has 0 saturated carbocycles. The highest BCUT2D eigenvalue weighted by molar-refractivity contribution is 7.12. The molecule has 1 aromatic carbocycles. The fourth-order valence-corrected chi connectivity index (χ4v) is 3.09. The first-order chi connectivity index (χ1) is 7.34. The molecule has 0 aliphatic heterocycles. The van der Waals surface area contributed by atoms with Crippen LogP contribution >= 0.6 is 11.3 Å². The molecule has 2 aromatic rings. The molecule has 1 aromatic heterocycles. The molecule has 1 heterocycles. The Morgan fingerprint density at radius 1 is 1.07 bits per heavy atom. The Balaban J connectivity index is 2.08. The maximum Gasteiger partial charge on any atom is 0.0373 e. The first kappa shape index (κ1) is 8.93. The van der Waals surface area contributed by atoms with Crippen molar-refractivity contribution in [1.29, 1.82) is 0 Å². The second-order valence-electron chi connectivity index (χ2n) is 3.91. The van der Waals surface area contributed by atoms with Gasteiger partial charge < -0.3 is 0 Å². The Bertz CT molecular complexity index is 520. The van der Waals surface area contributed by atoms with Gasteiger partial charge in [-0.3, -0.25) is 0 Å². The van der Waals surface area contributed by atoms with Gasteiger partial charge in [0, 0.05) is 15.7 Å². The van der Waals surface area contributed by atoms with E-state index in [-0.39, 0.29) is 0 Å². The number of rotatable bonds is 1. The lowest BCUT2D eigenvalue weighted by molar-refractivity contribution is 1.09. The zero-order valence-corrected chi connectivity index (χ0v) is 9.42. The van der Waals surface area contributed by atoms with E-state index in [4.69, 9.17) is 0 Å². The molecule has 0 nitrogen and oxygen atoms in total. The molecule has 0 fully saturated rings. The molecule has 15 heavy (non-hydrogen) atoms. The number of thiophene rings is 1. The highest BCUT2D eigenvalue weighted by Gasteiger charge is 2.19. The summed E-state index contributed by atoms with van der Waals surface area (Å²) in [6.07, 6.45) is 4.53. The van der Waals surface area contributed by atoms with Gasteiger partial charge in [0.05, 0.1) is 0 Å². The quantitative estimate of drug-likeness (QED) is 0.664. The molecule has 1 heteroatoms. The second kappa shape index (κ2) is 3.35. The molecule has 74 valence electrons. The van der Waals surface area contributed by atoms with E-state index in [0.29, 0.717) is 5.92 Å². The van der Waals surface area contributed by atoms with E-state index in [9.17, 15) is 0 Å². The van der Waals surface area contributed by atoms with Crippen LogP contribution in [0.2, 0.25) is 0 Å². The second-order valence-corrected chi connectivity index (χ2v) is 5.23. The Labute approximate surface area is 93.9 Å². The van der Waals surface area contributed by atoms with E-state index in [1.54, 1.807) is 0 Å². The van der Waals surface area contributed by atoms with Crippen LogP contribution in [0.4, 0.5) is 0 Å². The summed E-state index contributed by atoms with van der Waals surface area (Å²) in [7, 11) is 0. The van der Waals surface area contributed by atoms with Crippen LogP contribution in [-0.4, -0.2) is 0 Å². The highest BCUT2D eigenvalue weighted by atomic mass is 32.1. The smallest absolute Gasteiger partial charge is 0.0373 e. The maximum atomic E-state index is 2.30. The van der Waals surface area contributed by atoms with Crippen LogP contribution in [0.5, 0.6) is 0 Å². The van der Waals surface area contributed by atoms with Gasteiger partial charge in [0.15, 0.2) is 0 Å². The molecule has 1 aliphatic carbocycles. The first-order valence-corrected chi connectivity index (χ1v) is 6.00. The average Bonchev–Trinajstić information content (AvgIpc) is 2.83. The monoisotopic (exact) mass is 212 g/mol. The predicted molar refractivity (Wildman–Crippen MR) is 66.4 cm³/mol. The lowest BCUT2D eigenvalue weighted by Crippen LogP contribution is -1.91. The van der Waals surface area contributed by atoms with Crippen molar-refractivity contribution in [2.75, 3.05) is 0 Å². The van der Waals surface area contributed by atoms with E-state index < -0.39 is 0 Å². The summed E-state index contributed by atoms with van der Waals surface area (Å²) in [5.74, 6) is 0.486. The minimum Gasteiger partial charge on any atom is -0.145 e. The third-order valence-corrected chi connectivity index (χ3v) is 3.95. The van der Waals surface area contributed by atoms with E-state index in [2.05, 4.69) is 55.5 Å². The summed E-state index contributed by atoms with van der Waals surface area (Å²) in [5, 5.41) is 0. The number of fused-ring (bicyclic) bond motifs is 1. The molecule has 0 bridgehead atoms. The fraction of sp³-hybridized carbons (Fsp3) is 0.143. The Morgan fingerprint density at radius 3 is 2.73 bits per heavy atom. The molecular formula is C14H12S. The summed E-state index contributed by atoms with van der Waals surface area (Å²) >= 11 is 1.90. The first-order valence-electron chi connectivity index (χ1n) is 5.18. The number of hydrogen-bond acceptors (Lipinski definition) is 1. The molecule has 0 saturated heterocycles. The van der Waals surface area contributed by atoms with Crippen LogP contribution in [0.15, 0.2) is 42.5 Å². The van der Waals surface area contributed by atoms with Crippen molar-refractivity contribution >= 4 is 17.4 Å². The highest BCUT2D eigenvalue weighted by Crippen LogP contribution is 2.37. The van der Waals surface area contributed by atoms with Crippen molar-refractivity contribution in [1.82, 2.24) is 0 Å². The number of allylic oxidation sites excluding steroid dienone is 1. The fourth-order valence-electron chi connectivity index (χ4n) is 2.12. The van der Waals surface area contributed by atoms with Crippen LogP contribution in [0.1, 0.15) is 26.8 Å². The van der Waals surface area contributed by atoms with Gasteiger partial charge in [-0.2, -0.15) is 0 Å². The van der Waals surface area contributed by atoms with Crippen LogP contribution in [0, 0.1) is 6.92 Å². The van der Waals surface area contributed by atoms with Crippen LogP contribution in [-0.2, 0) is 0 Å². The normalized spacial score (nSPS) is 18.1. The number of benzene rings is 1. The number of aryl methyl sites for hydroxylation is 1. The maximum absolute atomic E-state index is 2.30. The molecule has 0 N–H and O–H groups in total. The van der Waals surface area contributed by atoms with Gasteiger partial charge in [-0.1, -0.05) is 36.4 Å². The van der Waals surface area contributed by atoms with Crippen molar-refractivity contribution in [3.63, 3.8) is 0 Å². The summed E-state index contributed by atoms with van der Waals surface area (Å²) < 4.78 is 0.